The number of anilines is 1. The Labute approximate surface area is 163 Å². The van der Waals surface area contributed by atoms with E-state index in [4.69, 9.17) is 19.7 Å². The predicted octanol–water partition coefficient (Wildman–Crippen LogP) is 3.62. The first-order chi connectivity index (χ1) is 13.5. The van der Waals surface area contributed by atoms with Gasteiger partial charge in [-0.15, -0.1) is 0 Å². The lowest BCUT2D eigenvalue weighted by molar-refractivity contribution is -0.131. The summed E-state index contributed by atoms with van der Waals surface area (Å²) < 4.78 is 11.0. The van der Waals surface area contributed by atoms with Crippen molar-refractivity contribution in [1.29, 1.82) is 0 Å². The number of carboxylic acid groups (broad SMARTS) is 1. The highest BCUT2D eigenvalue weighted by atomic mass is 16.6. The molecule has 0 aliphatic rings. The fourth-order valence-corrected chi connectivity index (χ4v) is 2.54. The van der Waals surface area contributed by atoms with Crippen molar-refractivity contribution in [1.82, 2.24) is 0 Å². The van der Waals surface area contributed by atoms with Crippen LogP contribution < -0.4 is 10.1 Å². The average Bonchev–Trinajstić information content (AvgIpc) is 2.69. The van der Waals surface area contributed by atoms with Gasteiger partial charge in [-0.2, -0.15) is 0 Å². The molecule has 0 heterocycles. The van der Waals surface area contributed by atoms with Gasteiger partial charge >= 0.3 is 12.1 Å². The first kappa shape index (κ1) is 21.0. The number of carbonyl (C=O) groups excluding carboxylic acids is 1. The summed E-state index contributed by atoms with van der Waals surface area (Å²) in [5, 5.41) is 20.4. The molecule has 0 aliphatic heterocycles. The molecule has 7 nitrogen and oxygen atoms in total. The Hall–Kier alpha value is -3.32. The minimum atomic E-state index is -1.08. The van der Waals surface area contributed by atoms with Gasteiger partial charge in [-0.1, -0.05) is 43.3 Å². The SMILES string of the molecule is C[C@@H](/C=C/C(=O)O)[C@@H](OC(=O)Nc1ccccc1)c1cccc(OCCO)c1. The van der Waals surface area contributed by atoms with Crippen LogP contribution in [0, 0.1) is 5.92 Å². The summed E-state index contributed by atoms with van der Waals surface area (Å²) in [5.41, 5.74) is 1.22. The molecule has 2 aromatic rings. The number of hydrogen-bond donors (Lipinski definition) is 3. The molecule has 0 saturated heterocycles. The maximum Gasteiger partial charge on any atom is 0.412 e. The normalized spacial score (nSPS) is 12.9. The molecule has 148 valence electrons. The summed E-state index contributed by atoms with van der Waals surface area (Å²) in [6, 6.07) is 15.8. The standard InChI is InChI=1S/C21H23NO6/c1-15(10-11-19(24)25)20(16-6-5-9-18(14-16)27-13-12-23)28-21(26)22-17-7-3-2-4-8-17/h2-11,14-15,20,23H,12-13H2,1H3,(H,22,26)(H,24,25)/b11-10+/t15-,20+/m0/s1. The fourth-order valence-electron chi connectivity index (χ4n) is 2.54. The van der Waals surface area contributed by atoms with Gasteiger partial charge in [-0.25, -0.2) is 9.59 Å². The highest BCUT2D eigenvalue weighted by Gasteiger charge is 2.23. The Morgan fingerprint density at radius 2 is 1.89 bits per heavy atom. The number of para-hydroxylation sites is 1. The summed E-state index contributed by atoms with van der Waals surface area (Å²) in [4.78, 5) is 23.2. The molecule has 2 atom stereocenters. The second kappa shape index (κ2) is 10.7. The summed E-state index contributed by atoms with van der Waals surface area (Å²) in [6.45, 7) is 1.76. The molecule has 0 unspecified atom stereocenters. The lowest BCUT2D eigenvalue weighted by atomic mass is 9.96. The molecule has 0 radical (unpaired) electrons. The Kier molecular flexibility index (Phi) is 8.05. The minimum Gasteiger partial charge on any atom is -0.491 e. The second-order valence-corrected chi connectivity index (χ2v) is 6.02. The van der Waals surface area contributed by atoms with Crippen LogP contribution in [0.3, 0.4) is 0 Å². The number of rotatable bonds is 9. The van der Waals surface area contributed by atoms with Crippen molar-refractivity contribution in [2.24, 2.45) is 5.92 Å². The topological polar surface area (TPSA) is 105 Å². The lowest BCUT2D eigenvalue weighted by Gasteiger charge is -2.23. The third kappa shape index (κ3) is 6.77. The third-order valence-electron chi connectivity index (χ3n) is 3.82. The number of aliphatic carboxylic acids is 1. The molecule has 0 saturated carbocycles. The van der Waals surface area contributed by atoms with Crippen molar-refractivity contribution in [3.8, 4) is 5.75 Å². The zero-order chi connectivity index (χ0) is 20.4. The molecular formula is C21H23NO6. The number of benzene rings is 2. The molecule has 7 heteroatoms. The number of aliphatic hydroxyl groups is 1. The van der Waals surface area contributed by atoms with Gasteiger partial charge < -0.3 is 19.7 Å². The number of hydrogen-bond acceptors (Lipinski definition) is 5. The number of aliphatic hydroxyl groups excluding tert-OH is 1. The average molecular weight is 385 g/mol. The van der Waals surface area contributed by atoms with Crippen molar-refractivity contribution < 1.29 is 29.3 Å². The largest absolute Gasteiger partial charge is 0.491 e. The molecular weight excluding hydrogens is 362 g/mol. The number of carbonyl (C=O) groups is 2. The highest BCUT2D eigenvalue weighted by molar-refractivity contribution is 5.84. The first-order valence-corrected chi connectivity index (χ1v) is 8.77. The van der Waals surface area contributed by atoms with Crippen LogP contribution in [-0.2, 0) is 9.53 Å². The van der Waals surface area contributed by atoms with E-state index in [0.29, 0.717) is 17.0 Å². The molecule has 0 spiro atoms. The van der Waals surface area contributed by atoms with Gasteiger partial charge in [0.25, 0.3) is 0 Å². The first-order valence-electron chi connectivity index (χ1n) is 8.77. The van der Waals surface area contributed by atoms with E-state index in [0.717, 1.165) is 6.08 Å². The van der Waals surface area contributed by atoms with Crippen molar-refractivity contribution in [3.05, 3.63) is 72.3 Å². The smallest absolute Gasteiger partial charge is 0.412 e. The molecule has 3 N–H and O–H groups in total. The number of ether oxygens (including phenoxy) is 2. The van der Waals surface area contributed by atoms with Crippen molar-refractivity contribution >= 4 is 17.7 Å². The molecule has 0 aromatic heterocycles. The van der Waals surface area contributed by atoms with E-state index >= 15 is 0 Å². The van der Waals surface area contributed by atoms with Gasteiger partial charge in [0.1, 0.15) is 18.5 Å². The molecule has 2 rings (SSSR count). The van der Waals surface area contributed by atoms with Crippen LogP contribution in [0.5, 0.6) is 5.75 Å². The molecule has 0 fully saturated rings. The van der Waals surface area contributed by atoms with Crippen LogP contribution in [0.2, 0.25) is 0 Å². The summed E-state index contributed by atoms with van der Waals surface area (Å²) in [5.74, 6) is -0.983. The minimum absolute atomic E-state index is 0.124. The Bertz CT molecular complexity index is 806. The number of amides is 1. The van der Waals surface area contributed by atoms with Gasteiger partial charge in [0, 0.05) is 17.7 Å². The van der Waals surface area contributed by atoms with E-state index in [1.807, 2.05) is 6.07 Å². The van der Waals surface area contributed by atoms with E-state index in [-0.39, 0.29) is 13.2 Å². The Balaban J connectivity index is 2.21. The van der Waals surface area contributed by atoms with Crippen molar-refractivity contribution in [2.45, 2.75) is 13.0 Å². The van der Waals surface area contributed by atoms with E-state index in [1.165, 1.54) is 6.08 Å². The highest BCUT2D eigenvalue weighted by Crippen LogP contribution is 2.30. The zero-order valence-corrected chi connectivity index (χ0v) is 15.4. The maximum absolute atomic E-state index is 12.4. The third-order valence-corrected chi connectivity index (χ3v) is 3.82. The Morgan fingerprint density at radius 1 is 1.14 bits per heavy atom. The van der Waals surface area contributed by atoms with Gasteiger partial charge in [0.05, 0.1) is 6.61 Å². The van der Waals surface area contributed by atoms with E-state index in [9.17, 15) is 9.59 Å². The maximum atomic E-state index is 12.4. The van der Waals surface area contributed by atoms with Crippen LogP contribution in [0.25, 0.3) is 0 Å². The van der Waals surface area contributed by atoms with Gasteiger partial charge in [0.2, 0.25) is 0 Å². The monoisotopic (exact) mass is 385 g/mol. The summed E-state index contributed by atoms with van der Waals surface area (Å²) >= 11 is 0. The molecule has 28 heavy (non-hydrogen) atoms. The summed E-state index contributed by atoms with van der Waals surface area (Å²) in [6.07, 6.45) is 1.08. The van der Waals surface area contributed by atoms with E-state index in [2.05, 4.69) is 5.32 Å². The van der Waals surface area contributed by atoms with Gasteiger partial charge in [-0.05, 0) is 29.8 Å². The zero-order valence-electron chi connectivity index (χ0n) is 15.4. The lowest BCUT2D eigenvalue weighted by Crippen LogP contribution is -2.21. The Morgan fingerprint density at radius 3 is 2.57 bits per heavy atom. The van der Waals surface area contributed by atoms with Crippen molar-refractivity contribution in [3.63, 3.8) is 0 Å². The van der Waals surface area contributed by atoms with E-state index in [1.54, 1.807) is 55.5 Å². The van der Waals surface area contributed by atoms with Gasteiger partial charge in [-0.3, -0.25) is 5.32 Å². The molecule has 1 amide bonds. The summed E-state index contributed by atoms with van der Waals surface area (Å²) in [7, 11) is 0. The molecule has 0 bridgehead atoms. The van der Waals surface area contributed by atoms with Crippen LogP contribution >= 0.6 is 0 Å². The fraction of sp³-hybridized carbons (Fsp3) is 0.238. The quantitative estimate of drug-likeness (QED) is 0.570. The van der Waals surface area contributed by atoms with Crippen molar-refractivity contribution in [2.75, 3.05) is 18.5 Å². The predicted molar refractivity (Wildman–Crippen MR) is 104 cm³/mol. The van der Waals surface area contributed by atoms with Gasteiger partial charge in [0.15, 0.2) is 0 Å². The number of nitrogens with one attached hydrogen (secondary N) is 1. The van der Waals surface area contributed by atoms with Crippen LogP contribution in [0.1, 0.15) is 18.6 Å². The molecule has 2 aromatic carbocycles. The van der Waals surface area contributed by atoms with E-state index < -0.39 is 24.1 Å². The van der Waals surface area contributed by atoms with Crippen LogP contribution in [0.15, 0.2) is 66.7 Å². The second-order valence-electron chi connectivity index (χ2n) is 6.02. The van der Waals surface area contributed by atoms with Crippen LogP contribution in [-0.4, -0.2) is 35.5 Å². The number of carboxylic acids is 1. The van der Waals surface area contributed by atoms with Crippen LogP contribution in [0.4, 0.5) is 10.5 Å². The molecule has 0 aliphatic carbocycles.